The molecule has 2 aromatic carbocycles. The van der Waals surface area contributed by atoms with Crippen molar-refractivity contribution in [1.29, 1.82) is 0 Å². The van der Waals surface area contributed by atoms with Gasteiger partial charge in [0, 0.05) is 10.5 Å². The second-order valence-electron chi connectivity index (χ2n) is 5.07. The predicted molar refractivity (Wildman–Crippen MR) is 85.4 cm³/mol. The Balaban J connectivity index is 2.09. The lowest BCUT2D eigenvalue weighted by atomic mass is 9.99. The summed E-state index contributed by atoms with van der Waals surface area (Å²) in [6.07, 6.45) is 1.50. The van der Waals surface area contributed by atoms with E-state index in [-0.39, 0.29) is 17.7 Å². The molecule has 0 bridgehead atoms. The molecule has 4 heteroatoms. The highest BCUT2D eigenvalue weighted by molar-refractivity contribution is 9.10. The van der Waals surface area contributed by atoms with Crippen molar-refractivity contribution >= 4 is 15.9 Å². The molecule has 0 heterocycles. The summed E-state index contributed by atoms with van der Waals surface area (Å²) in [6, 6.07) is 11.6. The molecular weight excluding hydrogens is 336 g/mol. The number of halogens is 3. The van der Waals surface area contributed by atoms with Gasteiger partial charge in [-0.05, 0) is 60.8 Å². The summed E-state index contributed by atoms with van der Waals surface area (Å²) < 4.78 is 27.1. The lowest BCUT2D eigenvalue weighted by molar-refractivity contribution is 0.518. The number of benzene rings is 2. The van der Waals surface area contributed by atoms with Crippen LogP contribution in [0.15, 0.2) is 46.9 Å². The molecule has 1 N–H and O–H groups in total. The van der Waals surface area contributed by atoms with Gasteiger partial charge in [0.05, 0.1) is 0 Å². The van der Waals surface area contributed by atoms with E-state index in [1.165, 1.54) is 18.2 Å². The first kappa shape index (κ1) is 16.1. The fourth-order valence-corrected chi connectivity index (χ4v) is 2.94. The molecule has 0 amide bonds. The predicted octanol–water partition coefficient (Wildman–Crippen LogP) is 4.49. The molecular formula is C17H18BrF2N. The number of nitrogens with one attached hydrogen (secondary N) is 1. The van der Waals surface area contributed by atoms with Crippen LogP contribution in [0.4, 0.5) is 8.78 Å². The monoisotopic (exact) mass is 353 g/mol. The maximum atomic E-state index is 13.4. The standard InChI is InChI=1S/C17H18BrF2N/c1-2-21-17(9-12-3-5-15(19)6-4-12)10-13-7-14(18)11-16(20)8-13/h3-8,11,17,21H,2,9-10H2,1H3. The van der Waals surface area contributed by atoms with E-state index >= 15 is 0 Å². The van der Waals surface area contributed by atoms with Gasteiger partial charge in [-0.1, -0.05) is 35.0 Å². The lowest BCUT2D eigenvalue weighted by Crippen LogP contribution is -2.33. The van der Waals surface area contributed by atoms with Crippen molar-refractivity contribution in [2.24, 2.45) is 0 Å². The van der Waals surface area contributed by atoms with E-state index in [0.29, 0.717) is 0 Å². The zero-order valence-corrected chi connectivity index (χ0v) is 13.5. The topological polar surface area (TPSA) is 12.0 Å². The molecule has 0 aliphatic heterocycles. The fourth-order valence-electron chi connectivity index (χ4n) is 2.42. The molecule has 0 aromatic heterocycles. The average Bonchev–Trinajstić information content (AvgIpc) is 2.40. The lowest BCUT2D eigenvalue weighted by Gasteiger charge is -2.18. The van der Waals surface area contributed by atoms with Crippen molar-refractivity contribution in [3.8, 4) is 0 Å². The van der Waals surface area contributed by atoms with E-state index in [1.807, 2.05) is 13.0 Å². The number of rotatable bonds is 6. The molecule has 1 atom stereocenters. The maximum Gasteiger partial charge on any atom is 0.124 e. The van der Waals surface area contributed by atoms with Crippen LogP contribution in [0.2, 0.25) is 0 Å². The first-order valence-corrected chi connectivity index (χ1v) is 7.79. The summed E-state index contributed by atoms with van der Waals surface area (Å²) in [5.74, 6) is -0.468. The maximum absolute atomic E-state index is 13.4. The van der Waals surface area contributed by atoms with Crippen LogP contribution in [-0.2, 0) is 12.8 Å². The van der Waals surface area contributed by atoms with Crippen LogP contribution in [0.25, 0.3) is 0 Å². The van der Waals surface area contributed by atoms with Gasteiger partial charge in [-0.15, -0.1) is 0 Å². The zero-order valence-electron chi connectivity index (χ0n) is 11.9. The molecule has 21 heavy (non-hydrogen) atoms. The van der Waals surface area contributed by atoms with Crippen LogP contribution in [0.5, 0.6) is 0 Å². The van der Waals surface area contributed by atoms with Crippen LogP contribution < -0.4 is 5.32 Å². The normalized spacial score (nSPS) is 12.4. The minimum Gasteiger partial charge on any atom is -0.314 e. The smallest absolute Gasteiger partial charge is 0.124 e. The molecule has 1 unspecified atom stereocenters. The fraction of sp³-hybridized carbons (Fsp3) is 0.294. The average molecular weight is 354 g/mol. The Morgan fingerprint density at radius 2 is 1.62 bits per heavy atom. The van der Waals surface area contributed by atoms with Crippen LogP contribution >= 0.6 is 15.9 Å². The number of hydrogen-bond donors (Lipinski definition) is 1. The van der Waals surface area contributed by atoms with Gasteiger partial charge in [-0.3, -0.25) is 0 Å². The zero-order chi connectivity index (χ0) is 15.2. The Bertz CT molecular complexity index is 564. The van der Waals surface area contributed by atoms with Gasteiger partial charge in [-0.25, -0.2) is 8.78 Å². The van der Waals surface area contributed by atoms with Gasteiger partial charge in [0.25, 0.3) is 0 Å². The Labute approximate surface area is 132 Å². The Hall–Kier alpha value is -1.26. The summed E-state index contributed by atoms with van der Waals surface area (Å²) in [7, 11) is 0. The van der Waals surface area contributed by atoms with Crippen molar-refractivity contribution in [2.45, 2.75) is 25.8 Å². The second-order valence-corrected chi connectivity index (χ2v) is 5.98. The molecule has 112 valence electrons. The summed E-state index contributed by atoms with van der Waals surface area (Å²) in [5, 5.41) is 3.40. The van der Waals surface area contributed by atoms with Crippen LogP contribution in [-0.4, -0.2) is 12.6 Å². The largest absolute Gasteiger partial charge is 0.314 e. The summed E-state index contributed by atoms with van der Waals surface area (Å²) in [6.45, 7) is 2.88. The second kappa shape index (κ2) is 7.66. The molecule has 0 saturated heterocycles. The third-order valence-corrected chi connectivity index (χ3v) is 3.75. The van der Waals surface area contributed by atoms with Crippen molar-refractivity contribution < 1.29 is 8.78 Å². The quantitative estimate of drug-likeness (QED) is 0.806. The van der Waals surface area contributed by atoms with Gasteiger partial charge in [-0.2, -0.15) is 0 Å². The highest BCUT2D eigenvalue weighted by Crippen LogP contribution is 2.17. The van der Waals surface area contributed by atoms with Crippen molar-refractivity contribution in [3.63, 3.8) is 0 Å². The first-order valence-electron chi connectivity index (χ1n) is 6.99. The van der Waals surface area contributed by atoms with E-state index in [1.54, 1.807) is 18.2 Å². The minimum atomic E-state index is -0.239. The van der Waals surface area contributed by atoms with Crippen molar-refractivity contribution in [1.82, 2.24) is 5.32 Å². The summed E-state index contributed by atoms with van der Waals surface area (Å²) in [5.41, 5.74) is 2.01. The van der Waals surface area contributed by atoms with E-state index in [9.17, 15) is 8.78 Å². The molecule has 1 nitrogen and oxygen atoms in total. The van der Waals surface area contributed by atoms with E-state index in [2.05, 4.69) is 21.2 Å². The van der Waals surface area contributed by atoms with Crippen LogP contribution in [0, 0.1) is 11.6 Å². The highest BCUT2D eigenvalue weighted by Gasteiger charge is 2.11. The Morgan fingerprint density at radius 3 is 2.24 bits per heavy atom. The molecule has 0 saturated carbocycles. The number of likely N-dealkylation sites (N-methyl/N-ethyl adjacent to an activating group) is 1. The SMILES string of the molecule is CCNC(Cc1ccc(F)cc1)Cc1cc(F)cc(Br)c1. The Kier molecular flexibility index (Phi) is 5.88. The molecule has 0 aliphatic carbocycles. The first-order chi connectivity index (χ1) is 10.1. The molecule has 0 radical (unpaired) electrons. The highest BCUT2D eigenvalue weighted by atomic mass is 79.9. The Morgan fingerprint density at radius 1 is 0.952 bits per heavy atom. The molecule has 2 rings (SSSR count). The van der Waals surface area contributed by atoms with Gasteiger partial charge in [0.1, 0.15) is 11.6 Å². The third kappa shape index (κ3) is 5.21. The van der Waals surface area contributed by atoms with Gasteiger partial charge in [0.2, 0.25) is 0 Å². The molecule has 0 aliphatic rings. The minimum absolute atomic E-state index is 0.189. The molecule has 0 spiro atoms. The van der Waals surface area contributed by atoms with Gasteiger partial charge >= 0.3 is 0 Å². The van der Waals surface area contributed by atoms with E-state index in [4.69, 9.17) is 0 Å². The summed E-state index contributed by atoms with van der Waals surface area (Å²) >= 11 is 3.31. The van der Waals surface area contributed by atoms with E-state index < -0.39 is 0 Å². The molecule has 0 fully saturated rings. The van der Waals surface area contributed by atoms with Gasteiger partial charge in [0.15, 0.2) is 0 Å². The van der Waals surface area contributed by atoms with Gasteiger partial charge < -0.3 is 5.32 Å². The third-order valence-electron chi connectivity index (χ3n) is 3.29. The molecule has 2 aromatic rings. The van der Waals surface area contributed by atoms with Crippen LogP contribution in [0.1, 0.15) is 18.1 Å². The van der Waals surface area contributed by atoms with E-state index in [0.717, 1.165) is 35.0 Å². The number of hydrogen-bond acceptors (Lipinski definition) is 1. The van der Waals surface area contributed by atoms with Crippen molar-refractivity contribution in [2.75, 3.05) is 6.54 Å². The van der Waals surface area contributed by atoms with Crippen molar-refractivity contribution in [3.05, 3.63) is 69.7 Å². The van der Waals surface area contributed by atoms with Crippen LogP contribution in [0.3, 0.4) is 0 Å². The summed E-state index contributed by atoms with van der Waals surface area (Å²) in [4.78, 5) is 0.